The van der Waals surface area contributed by atoms with Crippen molar-refractivity contribution in [3.8, 4) is 0 Å². The summed E-state index contributed by atoms with van der Waals surface area (Å²) in [5.41, 5.74) is 10.3. The van der Waals surface area contributed by atoms with Crippen LogP contribution in [-0.4, -0.2) is 17.1 Å². The molecule has 1 heterocycles. The van der Waals surface area contributed by atoms with Crippen LogP contribution in [0, 0.1) is 19.3 Å². The van der Waals surface area contributed by atoms with Gasteiger partial charge in [-0.2, -0.15) is 0 Å². The molecule has 0 atom stereocenters. The van der Waals surface area contributed by atoms with E-state index in [9.17, 15) is 4.79 Å². The second kappa shape index (κ2) is 5.36. The van der Waals surface area contributed by atoms with Gasteiger partial charge in [-0.3, -0.25) is 14.9 Å². The van der Waals surface area contributed by atoms with Crippen LogP contribution in [0.2, 0.25) is 0 Å². The highest BCUT2D eigenvalue weighted by molar-refractivity contribution is 5.89. The predicted molar refractivity (Wildman–Crippen MR) is 70.3 cm³/mol. The van der Waals surface area contributed by atoms with Gasteiger partial charge in [0, 0.05) is 17.9 Å². The highest BCUT2D eigenvalue weighted by Crippen LogP contribution is 2.25. The molecule has 3 N–H and O–H groups in total. The van der Waals surface area contributed by atoms with Gasteiger partial charge in [-0.05, 0) is 38.8 Å². The van der Waals surface area contributed by atoms with E-state index >= 15 is 0 Å². The van der Waals surface area contributed by atoms with E-state index in [2.05, 4.69) is 5.43 Å². The zero-order chi connectivity index (χ0) is 13.1. The van der Waals surface area contributed by atoms with Crippen LogP contribution in [0.1, 0.15) is 38.1 Å². The zero-order valence-electron chi connectivity index (χ0n) is 11.2. The monoisotopic (exact) mass is 237 g/mol. The van der Waals surface area contributed by atoms with E-state index in [1.807, 2.05) is 44.5 Å². The number of nitrogens with zero attached hydrogens (tertiary/aromatic N) is 1. The predicted octanol–water partition coefficient (Wildman–Crippen LogP) is 1.94. The van der Waals surface area contributed by atoms with Crippen molar-refractivity contribution in [1.82, 2.24) is 4.68 Å². The van der Waals surface area contributed by atoms with Gasteiger partial charge in [-0.15, -0.1) is 0 Å². The van der Waals surface area contributed by atoms with E-state index in [0.29, 0.717) is 6.54 Å². The van der Waals surface area contributed by atoms with Crippen LogP contribution in [-0.2, 0) is 4.79 Å². The standard InChI is InChI=1S/C13H23N3O/c1-5-13(6-2,9-14)12(17)15-16-10(3)7-8-11(16)4/h7-8H,5-6,9,14H2,1-4H3,(H,15,17). The highest BCUT2D eigenvalue weighted by atomic mass is 16.2. The Morgan fingerprint density at radius 2 is 1.76 bits per heavy atom. The molecular formula is C13H23N3O. The number of nitrogens with two attached hydrogens (primary N) is 1. The van der Waals surface area contributed by atoms with Crippen molar-refractivity contribution in [2.45, 2.75) is 40.5 Å². The number of hydrogen-bond acceptors (Lipinski definition) is 2. The number of hydrogen-bond donors (Lipinski definition) is 2. The van der Waals surface area contributed by atoms with Crippen molar-refractivity contribution in [3.63, 3.8) is 0 Å². The Bertz CT molecular complexity index is 364. The second-order valence-electron chi connectivity index (χ2n) is 4.58. The SMILES string of the molecule is CCC(CC)(CN)C(=O)Nn1c(C)ccc1C. The Balaban J connectivity index is 2.92. The van der Waals surface area contributed by atoms with Crippen molar-refractivity contribution >= 4 is 5.91 Å². The topological polar surface area (TPSA) is 60.1 Å². The lowest BCUT2D eigenvalue weighted by Gasteiger charge is -2.29. The molecule has 0 aliphatic heterocycles. The summed E-state index contributed by atoms with van der Waals surface area (Å²) in [6.07, 6.45) is 1.51. The number of amides is 1. The summed E-state index contributed by atoms with van der Waals surface area (Å²) in [4.78, 5) is 12.3. The minimum atomic E-state index is -0.455. The third kappa shape index (κ3) is 2.52. The van der Waals surface area contributed by atoms with Crippen molar-refractivity contribution in [1.29, 1.82) is 0 Å². The van der Waals surface area contributed by atoms with Gasteiger partial charge in [0.1, 0.15) is 0 Å². The van der Waals surface area contributed by atoms with E-state index in [4.69, 9.17) is 5.73 Å². The summed E-state index contributed by atoms with van der Waals surface area (Å²) >= 11 is 0. The fourth-order valence-corrected chi connectivity index (χ4v) is 2.02. The maximum Gasteiger partial charge on any atom is 0.246 e. The van der Waals surface area contributed by atoms with Crippen LogP contribution in [0.3, 0.4) is 0 Å². The third-order valence-electron chi connectivity index (χ3n) is 3.71. The van der Waals surface area contributed by atoms with E-state index in [0.717, 1.165) is 24.2 Å². The maximum atomic E-state index is 12.3. The van der Waals surface area contributed by atoms with Gasteiger partial charge in [0.2, 0.25) is 5.91 Å². The molecule has 0 bridgehead atoms. The number of nitrogens with one attached hydrogen (secondary N) is 1. The molecule has 96 valence electrons. The first-order valence-corrected chi connectivity index (χ1v) is 6.17. The molecule has 4 nitrogen and oxygen atoms in total. The number of carbonyl (C=O) groups is 1. The van der Waals surface area contributed by atoms with E-state index in [1.54, 1.807) is 0 Å². The Hall–Kier alpha value is -1.29. The maximum absolute atomic E-state index is 12.3. The summed E-state index contributed by atoms with van der Waals surface area (Å²) in [7, 11) is 0. The third-order valence-corrected chi connectivity index (χ3v) is 3.71. The minimum absolute atomic E-state index is 0.00685. The van der Waals surface area contributed by atoms with Gasteiger partial charge in [0.15, 0.2) is 0 Å². The van der Waals surface area contributed by atoms with E-state index in [-0.39, 0.29) is 5.91 Å². The first-order valence-electron chi connectivity index (χ1n) is 6.17. The Kier molecular flexibility index (Phi) is 4.34. The van der Waals surface area contributed by atoms with Crippen molar-refractivity contribution in [2.75, 3.05) is 12.0 Å². The number of aromatic nitrogens is 1. The normalized spacial score (nSPS) is 11.6. The Labute approximate surface area is 103 Å². The molecule has 1 amide bonds. The van der Waals surface area contributed by atoms with Crippen LogP contribution >= 0.6 is 0 Å². The van der Waals surface area contributed by atoms with Crippen LogP contribution in [0.25, 0.3) is 0 Å². The fraction of sp³-hybridized carbons (Fsp3) is 0.615. The molecule has 0 saturated heterocycles. The number of aryl methyl sites for hydroxylation is 2. The molecule has 0 aromatic carbocycles. The molecule has 0 radical (unpaired) electrons. The van der Waals surface area contributed by atoms with Crippen LogP contribution in [0.4, 0.5) is 0 Å². The largest absolute Gasteiger partial charge is 0.329 e. The van der Waals surface area contributed by atoms with Crippen molar-refractivity contribution in [3.05, 3.63) is 23.5 Å². The van der Waals surface area contributed by atoms with Gasteiger partial charge in [-0.25, -0.2) is 0 Å². The molecule has 0 fully saturated rings. The smallest absolute Gasteiger partial charge is 0.246 e. The molecule has 1 aromatic heterocycles. The molecule has 0 unspecified atom stereocenters. The molecule has 1 aromatic rings. The average Bonchev–Trinajstić information content (AvgIpc) is 2.64. The number of carbonyl (C=O) groups excluding carboxylic acids is 1. The van der Waals surface area contributed by atoms with Gasteiger partial charge >= 0.3 is 0 Å². The Morgan fingerprint density at radius 3 is 2.12 bits per heavy atom. The van der Waals surface area contributed by atoms with Gasteiger partial charge in [-0.1, -0.05) is 13.8 Å². The van der Waals surface area contributed by atoms with Crippen LogP contribution in [0.15, 0.2) is 12.1 Å². The summed E-state index contributed by atoms with van der Waals surface area (Å²) in [5, 5.41) is 0. The minimum Gasteiger partial charge on any atom is -0.329 e. The first-order chi connectivity index (χ1) is 8.00. The first kappa shape index (κ1) is 13.8. The van der Waals surface area contributed by atoms with Gasteiger partial charge < -0.3 is 5.73 Å². The molecule has 0 aliphatic rings. The highest BCUT2D eigenvalue weighted by Gasteiger charge is 2.33. The lowest BCUT2D eigenvalue weighted by Crippen LogP contribution is -2.44. The molecule has 4 heteroatoms. The average molecular weight is 237 g/mol. The van der Waals surface area contributed by atoms with Crippen LogP contribution in [0.5, 0.6) is 0 Å². The summed E-state index contributed by atoms with van der Waals surface area (Å²) in [6, 6.07) is 3.97. The summed E-state index contributed by atoms with van der Waals surface area (Å²) in [6.45, 7) is 8.33. The summed E-state index contributed by atoms with van der Waals surface area (Å²) < 4.78 is 1.82. The number of rotatable bonds is 5. The Morgan fingerprint density at radius 1 is 1.29 bits per heavy atom. The van der Waals surface area contributed by atoms with Crippen LogP contribution < -0.4 is 11.2 Å². The van der Waals surface area contributed by atoms with E-state index < -0.39 is 5.41 Å². The van der Waals surface area contributed by atoms with Crippen molar-refractivity contribution < 1.29 is 4.79 Å². The molecule has 0 aliphatic carbocycles. The van der Waals surface area contributed by atoms with Crippen molar-refractivity contribution in [2.24, 2.45) is 11.1 Å². The lowest BCUT2D eigenvalue weighted by molar-refractivity contribution is -0.126. The molecular weight excluding hydrogens is 214 g/mol. The quantitative estimate of drug-likeness (QED) is 0.822. The molecule has 1 rings (SSSR count). The lowest BCUT2D eigenvalue weighted by atomic mass is 9.82. The van der Waals surface area contributed by atoms with E-state index in [1.165, 1.54) is 0 Å². The second-order valence-corrected chi connectivity index (χ2v) is 4.58. The van der Waals surface area contributed by atoms with Gasteiger partial charge in [0.25, 0.3) is 0 Å². The fourth-order valence-electron chi connectivity index (χ4n) is 2.02. The molecule has 0 saturated carbocycles. The zero-order valence-corrected chi connectivity index (χ0v) is 11.2. The summed E-state index contributed by atoms with van der Waals surface area (Å²) in [5.74, 6) is 0.00685. The molecule has 0 spiro atoms. The molecule has 17 heavy (non-hydrogen) atoms. The van der Waals surface area contributed by atoms with Gasteiger partial charge in [0.05, 0.1) is 5.41 Å².